The standard InChI is InChI=1S/C16H21BrFN/c17-14-4-3-13(11-15(14)18)19-12-5-9-16(10-6-12)7-1-2-8-16/h3-4,11-12,19H,1-2,5-10H2. The molecule has 1 N–H and O–H groups in total. The van der Waals surface area contributed by atoms with Crippen molar-refractivity contribution in [3.05, 3.63) is 28.5 Å². The Bertz CT molecular complexity index is 444. The third kappa shape index (κ3) is 2.96. The Kier molecular flexibility index (Phi) is 3.84. The highest BCUT2D eigenvalue weighted by atomic mass is 79.9. The molecule has 1 aromatic carbocycles. The van der Waals surface area contributed by atoms with Crippen LogP contribution < -0.4 is 5.32 Å². The minimum absolute atomic E-state index is 0.187. The van der Waals surface area contributed by atoms with Gasteiger partial charge in [0.15, 0.2) is 0 Å². The van der Waals surface area contributed by atoms with Crippen molar-refractivity contribution in [2.45, 2.75) is 57.4 Å². The summed E-state index contributed by atoms with van der Waals surface area (Å²) in [6, 6.07) is 5.84. The largest absolute Gasteiger partial charge is 0.382 e. The fourth-order valence-corrected chi connectivity index (χ4v) is 4.07. The molecule has 2 aliphatic carbocycles. The average molecular weight is 326 g/mol. The molecule has 104 valence electrons. The summed E-state index contributed by atoms with van der Waals surface area (Å²) in [4.78, 5) is 0. The molecule has 0 radical (unpaired) electrons. The molecule has 1 spiro atoms. The topological polar surface area (TPSA) is 12.0 Å². The van der Waals surface area contributed by atoms with E-state index < -0.39 is 0 Å². The van der Waals surface area contributed by atoms with Gasteiger partial charge in [0.2, 0.25) is 0 Å². The normalized spacial score (nSPS) is 22.8. The predicted molar refractivity (Wildman–Crippen MR) is 80.9 cm³/mol. The second-order valence-corrected chi connectivity index (χ2v) is 7.11. The summed E-state index contributed by atoms with van der Waals surface area (Å²) < 4.78 is 14.0. The van der Waals surface area contributed by atoms with Gasteiger partial charge in [-0.3, -0.25) is 0 Å². The van der Waals surface area contributed by atoms with Crippen molar-refractivity contribution in [1.29, 1.82) is 0 Å². The molecule has 0 saturated heterocycles. The highest BCUT2D eigenvalue weighted by Crippen LogP contribution is 2.49. The number of hydrogen-bond donors (Lipinski definition) is 1. The number of rotatable bonds is 2. The highest BCUT2D eigenvalue weighted by molar-refractivity contribution is 9.10. The number of benzene rings is 1. The maximum atomic E-state index is 13.5. The second-order valence-electron chi connectivity index (χ2n) is 6.25. The van der Waals surface area contributed by atoms with Crippen LogP contribution in [0, 0.1) is 11.2 Å². The van der Waals surface area contributed by atoms with Gasteiger partial charge in [-0.25, -0.2) is 4.39 Å². The molecule has 0 aromatic heterocycles. The predicted octanol–water partition coefficient (Wildman–Crippen LogP) is 5.50. The lowest BCUT2D eigenvalue weighted by Gasteiger charge is -2.37. The molecule has 0 heterocycles. The van der Waals surface area contributed by atoms with E-state index in [1.54, 1.807) is 12.1 Å². The first-order valence-electron chi connectivity index (χ1n) is 7.39. The summed E-state index contributed by atoms with van der Waals surface area (Å²) in [6.07, 6.45) is 10.9. The molecule has 1 nitrogen and oxygen atoms in total. The molecular formula is C16H21BrFN. The van der Waals surface area contributed by atoms with E-state index in [1.165, 1.54) is 51.4 Å². The van der Waals surface area contributed by atoms with Crippen LogP contribution in [0.25, 0.3) is 0 Å². The van der Waals surface area contributed by atoms with Gasteiger partial charge in [-0.05, 0) is 78.1 Å². The van der Waals surface area contributed by atoms with Crippen LogP contribution in [-0.2, 0) is 0 Å². The summed E-state index contributed by atoms with van der Waals surface area (Å²) >= 11 is 3.19. The fraction of sp³-hybridized carbons (Fsp3) is 0.625. The Hall–Kier alpha value is -0.570. The maximum absolute atomic E-state index is 13.5. The number of halogens is 2. The zero-order valence-electron chi connectivity index (χ0n) is 11.2. The fourth-order valence-electron chi connectivity index (χ4n) is 3.82. The molecule has 0 aliphatic heterocycles. The van der Waals surface area contributed by atoms with Gasteiger partial charge in [0, 0.05) is 11.7 Å². The van der Waals surface area contributed by atoms with Gasteiger partial charge in [-0.15, -0.1) is 0 Å². The monoisotopic (exact) mass is 325 g/mol. The molecule has 1 aromatic rings. The third-order valence-corrected chi connectivity index (χ3v) is 5.64. The second kappa shape index (κ2) is 5.43. The lowest BCUT2D eigenvalue weighted by molar-refractivity contribution is 0.188. The third-order valence-electron chi connectivity index (χ3n) is 5.00. The lowest BCUT2D eigenvalue weighted by Crippen LogP contribution is -2.31. The van der Waals surface area contributed by atoms with Crippen LogP contribution in [0.15, 0.2) is 22.7 Å². The number of anilines is 1. The zero-order valence-corrected chi connectivity index (χ0v) is 12.8. The molecule has 3 heteroatoms. The van der Waals surface area contributed by atoms with Crippen molar-refractivity contribution >= 4 is 21.6 Å². The van der Waals surface area contributed by atoms with E-state index in [9.17, 15) is 4.39 Å². The molecule has 2 fully saturated rings. The first-order chi connectivity index (χ1) is 9.17. The van der Waals surface area contributed by atoms with E-state index in [2.05, 4.69) is 21.2 Å². The van der Waals surface area contributed by atoms with Gasteiger partial charge in [-0.2, -0.15) is 0 Å². The van der Waals surface area contributed by atoms with Crippen molar-refractivity contribution in [3.63, 3.8) is 0 Å². The van der Waals surface area contributed by atoms with Gasteiger partial charge in [0.05, 0.1) is 4.47 Å². The van der Waals surface area contributed by atoms with Gasteiger partial charge in [0.1, 0.15) is 5.82 Å². The maximum Gasteiger partial charge on any atom is 0.139 e. The van der Waals surface area contributed by atoms with Crippen LogP contribution in [0.3, 0.4) is 0 Å². The Morgan fingerprint density at radius 3 is 2.42 bits per heavy atom. The molecule has 2 aliphatic rings. The highest BCUT2D eigenvalue weighted by Gasteiger charge is 2.37. The first kappa shape index (κ1) is 13.4. The van der Waals surface area contributed by atoms with E-state index in [0.29, 0.717) is 15.9 Å². The summed E-state index contributed by atoms with van der Waals surface area (Å²) in [7, 11) is 0. The van der Waals surface area contributed by atoms with Crippen molar-refractivity contribution in [1.82, 2.24) is 0 Å². The number of nitrogens with one attached hydrogen (secondary N) is 1. The van der Waals surface area contributed by atoms with Crippen LogP contribution in [-0.4, -0.2) is 6.04 Å². The molecule has 0 atom stereocenters. The van der Waals surface area contributed by atoms with Crippen molar-refractivity contribution < 1.29 is 4.39 Å². The summed E-state index contributed by atoms with van der Waals surface area (Å²) in [5, 5.41) is 3.49. The van der Waals surface area contributed by atoms with Gasteiger partial charge >= 0.3 is 0 Å². The summed E-state index contributed by atoms with van der Waals surface area (Å²) in [6.45, 7) is 0. The average Bonchev–Trinajstić information content (AvgIpc) is 2.86. The Balaban J connectivity index is 1.58. The SMILES string of the molecule is Fc1cc(NC2CCC3(CCCC3)CC2)ccc1Br. The van der Waals surface area contributed by atoms with Crippen LogP contribution in [0.2, 0.25) is 0 Å². The van der Waals surface area contributed by atoms with Crippen LogP contribution in [0.1, 0.15) is 51.4 Å². The Morgan fingerprint density at radius 1 is 1.11 bits per heavy atom. The van der Waals surface area contributed by atoms with Crippen molar-refractivity contribution in [3.8, 4) is 0 Å². The minimum atomic E-state index is -0.187. The smallest absolute Gasteiger partial charge is 0.139 e. The molecule has 2 saturated carbocycles. The van der Waals surface area contributed by atoms with Crippen molar-refractivity contribution in [2.75, 3.05) is 5.32 Å². The molecule has 19 heavy (non-hydrogen) atoms. The molecule has 0 bridgehead atoms. The van der Waals surface area contributed by atoms with Crippen LogP contribution in [0.4, 0.5) is 10.1 Å². The molecule has 3 rings (SSSR count). The van der Waals surface area contributed by atoms with E-state index in [4.69, 9.17) is 0 Å². The van der Waals surface area contributed by atoms with Crippen molar-refractivity contribution in [2.24, 2.45) is 5.41 Å². The Labute approximate surface area is 123 Å². The minimum Gasteiger partial charge on any atom is -0.382 e. The van der Waals surface area contributed by atoms with Gasteiger partial charge in [-0.1, -0.05) is 12.8 Å². The van der Waals surface area contributed by atoms with Gasteiger partial charge in [0.25, 0.3) is 0 Å². The molecule has 0 unspecified atom stereocenters. The van der Waals surface area contributed by atoms with Crippen LogP contribution >= 0.6 is 15.9 Å². The van der Waals surface area contributed by atoms with E-state index in [-0.39, 0.29) is 5.82 Å². The van der Waals surface area contributed by atoms with E-state index in [0.717, 1.165) is 5.69 Å². The lowest BCUT2D eigenvalue weighted by atomic mass is 9.71. The van der Waals surface area contributed by atoms with E-state index in [1.807, 2.05) is 6.07 Å². The number of hydrogen-bond acceptors (Lipinski definition) is 1. The quantitative estimate of drug-likeness (QED) is 0.756. The summed E-state index contributed by atoms with van der Waals surface area (Å²) in [5.74, 6) is -0.187. The first-order valence-corrected chi connectivity index (χ1v) is 8.18. The summed E-state index contributed by atoms with van der Waals surface area (Å²) in [5.41, 5.74) is 1.58. The zero-order chi connectivity index (χ0) is 13.3. The van der Waals surface area contributed by atoms with E-state index >= 15 is 0 Å². The Morgan fingerprint density at radius 2 is 1.79 bits per heavy atom. The molecular weight excluding hydrogens is 305 g/mol. The molecule has 0 amide bonds. The van der Waals surface area contributed by atoms with Gasteiger partial charge < -0.3 is 5.32 Å². The van der Waals surface area contributed by atoms with Crippen LogP contribution in [0.5, 0.6) is 0 Å².